The third-order valence-corrected chi connectivity index (χ3v) is 8.90. The van der Waals surface area contributed by atoms with Crippen LogP contribution in [-0.4, -0.2) is 0 Å². The normalized spacial score (nSPS) is 13.5. The lowest BCUT2D eigenvalue weighted by Crippen LogP contribution is -2.05. The molecule has 4 rings (SSSR count). The van der Waals surface area contributed by atoms with Crippen molar-refractivity contribution in [1.29, 1.82) is 0 Å². The zero-order valence-electron chi connectivity index (χ0n) is 25.5. The Labute approximate surface area is 249 Å². The number of benzene rings is 4. The summed E-state index contributed by atoms with van der Waals surface area (Å²) in [6, 6.07) is 35.3. The first-order valence-electron chi connectivity index (χ1n) is 15.8. The summed E-state index contributed by atoms with van der Waals surface area (Å²) < 4.78 is 0. The van der Waals surface area contributed by atoms with E-state index in [0.717, 1.165) is 17.8 Å². The second-order valence-corrected chi connectivity index (χ2v) is 12.0. The van der Waals surface area contributed by atoms with Gasteiger partial charge in [-0.3, -0.25) is 0 Å². The molecule has 0 fully saturated rings. The average molecular weight is 547 g/mol. The van der Waals surface area contributed by atoms with Crippen LogP contribution in [-0.2, 0) is 6.42 Å². The van der Waals surface area contributed by atoms with Crippen LogP contribution in [0.3, 0.4) is 0 Å². The van der Waals surface area contributed by atoms with Crippen molar-refractivity contribution in [3.05, 3.63) is 130 Å². The first-order chi connectivity index (χ1) is 19.9. The number of rotatable bonds is 15. The van der Waals surface area contributed by atoms with Crippen LogP contribution >= 0.6 is 0 Å². The minimum atomic E-state index is 0.349. The highest BCUT2D eigenvalue weighted by molar-refractivity contribution is 5.44. The van der Waals surface area contributed by atoms with E-state index in [9.17, 15) is 0 Å². The van der Waals surface area contributed by atoms with Gasteiger partial charge < -0.3 is 11.5 Å². The number of anilines is 2. The average Bonchev–Trinajstić information content (AvgIpc) is 3.00. The third-order valence-electron chi connectivity index (χ3n) is 8.90. The molecule has 0 aliphatic carbocycles. The fraction of sp³-hybridized carbons (Fsp3) is 0.385. The van der Waals surface area contributed by atoms with E-state index >= 15 is 0 Å². The Hall–Kier alpha value is -3.52. The van der Waals surface area contributed by atoms with Gasteiger partial charge in [0.15, 0.2) is 0 Å². The maximum Gasteiger partial charge on any atom is 0.0314 e. The molecule has 0 aliphatic heterocycles. The Morgan fingerprint density at radius 3 is 1.29 bits per heavy atom. The number of unbranched alkanes of at least 4 members (excludes halogenated alkanes) is 6. The van der Waals surface area contributed by atoms with E-state index in [1.165, 1.54) is 84.7 Å². The lowest BCUT2D eigenvalue weighted by atomic mass is 9.85. The predicted molar refractivity (Wildman–Crippen MR) is 179 cm³/mol. The van der Waals surface area contributed by atoms with Gasteiger partial charge in [0.25, 0.3) is 0 Å². The Kier molecular flexibility index (Phi) is 11.5. The highest BCUT2D eigenvalue weighted by Crippen LogP contribution is 2.32. The second kappa shape index (κ2) is 15.5. The minimum Gasteiger partial charge on any atom is -0.399 e. The van der Waals surface area contributed by atoms with Crippen molar-refractivity contribution >= 4 is 11.4 Å². The molecule has 4 aromatic rings. The lowest BCUT2D eigenvalue weighted by Gasteiger charge is -2.20. The molecule has 0 aliphatic rings. The van der Waals surface area contributed by atoms with Crippen LogP contribution in [0.25, 0.3) is 0 Å². The SMILES string of the molecule is CCCCCCCCCC(Cc1ccc(C(C)c2ccc(N)cc2)cc1)c1ccc(C(C)c2ccc(N)cc2)cc1. The van der Waals surface area contributed by atoms with Gasteiger partial charge in [0.2, 0.25) is 0 Å². The van der Waals surface area contributed by atoms with Crippen LogP contribution in [0.1, 0.15) is 123 Å². The molecule has 2 heteroatoms. The van der Waals surface area contributed by atoms with Gasteiger partial charge in [0.1, 0.15) is 0 Å². The van der Waals surface area contributed by atoms with Crippen LogP contribution in [0, 0.1) is 0 Å². The van der Waals surface area contributed by atoms with Crippen molar-refractivity contribution in [2.45, 2.75) is 96.3 Å². The van der Waals surface area contributed by atoms with Crippen LogP contribution in [0.5, 0.6) is 0 Å². The highest BCUT2D eigenvalue weighted by atomic mass is 14.5. The van der Waals surface area contributed by atoms with Crippen molar-refractivity contribution < 1.29 is 0 Å². The monoisotopic (exact) mass is 546 g/mol. The molecule has 0 radical (unpaired) electrons. The highest BCUT2D eigenvalue weighted by Gasteiger charge is 2.16. The summed E-state index contributed by atoms with van der Waals surface area (Å²) in [5.74, 6) is 1.23. The largest absolute Gasteiger partial charge is 0.399 e. The summed E-state index contributed by atoms with van der Waals surface area (Å²) in [6.45, 7) is 6.84. The summed E-state index contributed by atoms with van der Waals surface area (Å²) in [6.07, 6.45) is 11.8. The molecule has 4 aromatic carbocycles. The molecular formula is C39H50N2. The Morgan fingerprint density at radius 1 is 0.463 bits per heavy atom. The zero-order valence-corrected chi connectivity index (χ0v) is 25.5. The molecule has 0 saturated carbocycles. The number of nitrogen functional groups attached to an aromatic ring is 2. The smallest absolute Gasteiger partial charge is 0.0314 e. The van der Waals surface area contributed by atoms with Crippen LogP contribution in [0.15, 0.2) is 97.1 Å². The molecule has 0 saturated heterocycles. The molecule has 0 amide bonds. The Morgan fingerprint density at radius 2 is 0.829 bits per heavy atom. The molecular weight excluding hydrogens is 496 g/mol. The first kappa shape index (κ1) is 30.4. The quantitative estimate of drug-likeness (QED) is 0.115. The lowest BCUT2D eigenvalue weighted by molar-refractivity contribution is 0.531. The third kappa shape index (κ3) is 8.98. The maximum absolute atomic E-state index is 5.91. The van der Waals surface area contributed by atoms with E-state index in [-0.39, 0.29) is 0 Å². The first-order valence-corrected chi connectivity index (χ1v) is 15.8. The van der Waals surface area contributed by atoms with Gasteiger partial charge in [-0.1, -0.05) is 139 Å². The minimum absolute atomic E-state index is 0.349. The summed E-state index contributed by atoms with van der Waals surface area (Å²) in [5, 5.41) is 0. The van der Waals surface area contributed by atoms with E-state index in [1.807, 2.05) is 24.3 Å². The van der Waals surface area contributed by atoms with E-state index in [4.69, 9.17) is 11.5 Å². The van der Waals surface area contributed by atoms with Gasteiger partial charge >= 0.3 is 0 Å². The molecule has 3 unspecified atom stereocenters. The Bertz CT molecular complexity index is 1290. The van der Waals surface area contributed by atoms with Crippen molar-refractivity contribution in [3.8, 4) is 0 Å². The molecule has 4 N–H and O–H groups in total. The van der Waals surface area contributed by atoms with Gasteiger partial charge in [0.05, 0.1) is 0 Å². The molecule has 0 bridgehead atoms. The second-order valence-electron chi connectivity index (χ2n) is 12.0. The molecule has 3 atom stereocenters. The molecule has 216 valence electrons. The Balaban J connectivity index is 1.44. The molecule has 41 heavy (non-hydrogen) atoms. The van der Waals surface area contributed by atoms with Crippen LogP contribution in [0.4, 0.5) is 11.4 Å². The molecule has 2 nitrogen and oxygen atoms in total. The van der Waals surface area contributed by atoms with E-state index < -0.39 is 0 Å². The van der Waals surface area contributed by atoms with Gasteiger partial charge in [-0.15, -0.1) is 0 Å². The van der Waals surface area contributed by atoms with Gasteiger partial charge in [-0.2, -0.15) is 0 Å². The van der Waals surface area contributed by atoms with Gasteiger partial charge in [-0.05, 0) is 76.4 Å². The van der Waals surface area contributed by atoms with Crippen molar-refractivity contribution in [1.82, 2.24) is 0 Å². The topological polar surface area (TPSA) is 52.0 Å². The van der Waals surface area contributed by atoms with E-state index in [0.29, 0.717) is 17.8 Å². The van der Waals surface area contributed by atoms with E-state index in [2.05, 4.69) is 93.6 Å². The molecule has 0 aromatic heterocycles. The van der Waals surface area contributed by atoms with Crippen LogP contribution < -0.4 is 11.5 Å². The van der Waals surface area contributed by atoms with Crippen LogP contribution in [0.2, 0.25) is 0 Å². The summed E-state index contributed by atoms with van der Waals surface area (Å²) >= 11 is 0. The predicted octanol–water partition coefficient (Wildman–Crippen LogP) is 10.6. The number of hydrogen-bond acceptors (Lipinski definition) is 2. The van der Waals surface area contributed by atoms with Gasteiger partial charge in [-0.25, -0.2) is 0 Å². The van der Waals surface area contributed by atoms with Gasteiger partial charge in [0, 0.05) is 23.2 Å². The number of nitrogens with two attached hydrogens (primary N) is 2. The summed E-state index contributed by atoms with van der Waals surface area (Å²) in [7, 11) is 0. The fourth-order valence-corrected chi connectivity index (χ4v) is 5.97. The molecule has 0 heterocycles. The van der Waals surface area contributed by atoms with E-state index in [1.54, 1.807) is 0 Å². The molecule has 0 spiro atoms. The fourth-order valence-electron chi connectivity index (χ4n) is 5.97. The van der Waals surface area contributed by atoms with Crippen molar-refractivity contribution in [2.75, 3.05) is 11.5 Å². The zero-order chi connectivity index (χ0) is 29.0. The van der Waals surface area contributed by atoms with Crippen molar-refractivity contribution in [2.24, 2.45) is 0 Å². The summed E-state index contributed by atoms with van der Waals surface area (Å²) in [5.41, 5.74) is 21.6. The summed E-state index contributed by atoms with van der Waals surface area (Å²) in [4.78, 5) is 0. The van der Waals surface area contributed by atoms with Crippen molar-refractivity contribution in [3.63, 3.8) is 0 Å². The maximum atomic E-state index is 5.91. The number of hydrogen-bond donors (Lipinski definition) is 2. The standard InChI is InChI=1S/C39H50N2/c1-4-5-6-7-8-9-10-11-37(36-18-16-33(17-19-36)30(3)35-22-26-39(41)27-23-35)28-31-12-14-32(15-13-31)29(2)34-20-24-38(40)25-21-34/h12-27,29-30,37H,4-11,28,40-41H2,1-3H3.